The van der Waals surface area contributed by atoms with E-state index in [1.165, 1.54) is 6.07 Å². The number of aromatic nitrogens is 5. The molecule has 0 aliphatic rings. The van der Waals surface area contributed by atoms with Crippen molar-refractivity contribution in [2.45, 2.75) is 13.5 Å². The molecule has 3 N–H and O–H groups in total. The van der Waals surface area contributed by atoms with Crippen LogP contribution in [0.15, 0.2) is 73.1 Å². The van der Waals surface area contributed by atoms with Crippen LogP contribution in [0.25, 0.3) is 28.0 Å². The molecule has 0 spiro atoms. The summed E-state index contributed by atoms with van der Waals surface area (Å²) in [5.74, 6) is 0.282. The van der Waals surface area contributed by atoms with E-state index < -0.39 is 5.82 Å². The highest BCUT2D eigenvalue weighted by Crippen LogP contribution is 2.34. The van der Waals surface area contributed by atoms with E-state index >= 15 is 0 Å². The molecule has 8 heteroatoms. The fourth-order valence-corrected chi connectivity index (χ4v) is 3.58. The zero-order valence-corrected chi connectivity index (χ0v) is 17.3. The Hall–Kier alpha value is -4.33. The van der Waals surface area contributed by atoms with Crippen LogP contribution in [0.1, 0.15) is 11.1 Å². The number of rotatable bonds is 5. The van der Waals surface area contributed by atoms with Crippen molar-refractivity contribution in [3.63, 3.8) is 0 Å². The monoisotopic (exact) mass is 425 g/mol. The van der Waals surface area contributed by atoms with Crippen molar-refractivity contribution >= 4 is 22.8 Å². The molecule has 5 aromatic rings. The number of halogens is 1. The summed E-state index contributed by atoms with van der Waals surface area (Å²) in [7, 11) is 0. The number of pyridine rings is 1. The molecule has 3 aromatic heterocycles. The molecule has 0 aliphatic heterocycles. The van der Waals surface area contributed by atoms with Crippen molar-refractivity contribution in [3.8, 4) is 16.9 Å². The number of hydrogen-bond donors (Lipinski definition) is 2. The number of nitrogens with one attached hydrogen (secondary N) is 1. The quantitative estimate of drug-likeness (QED) is 0.430. The molecule has 0 atom stereocenters. The highest BCUT2D eigenvalue weighted by molar-refractivity contribution is 5.99. The van der Waals surface area contributed by atoms with Crippen LogP contribution in [-0.2, 0) is 6.54 Å². The van der Waals surface area contributed by atoms with Crippen molar-refractivity contribution in [2.24, 2.45) is 0 Å². The maximum Gasteiger partial charge on any atom is 0.225 e. The lowest BCUT2D eigenvalue weighted by Gasteiger charge is -2.09. The van der Waals surface area contributed by atoms with Crippen LogP contribution in [0.5, 0.6) is 0 Å². The Morgan fingerprint density at radius 2 is 1.91 bits per heavy atom. The minimum Gasteiger partial charge on any atom is -0.383 e. The Morgan fingerprint density at radius 1 is 1.03 bits per heavy atom. The van der Waals surface area contributed by atoms with Gasteiger partial charge in [-0.1, -0.05) is 30.3 Å². The van der Waals surface area contributed by atoms with E-state index in [4.69, 9.17) is 5.73 Å². The molecule has 0 saturated heterocycles. The van der Waals surface area contributed by atoms with E-state index in [2.05, 4.69) is 25.4 Å². The van der Waals surface area contributed by atoms with Crippen LogP contribution in [0.4, 0.5) is 16.2 Å². The number of anilines is 2. The Kier molecular flexibility index (Phi) is 4.95. The summed E-state index contributed by atoms with van der Waals surface area (Å²) in [4.78, 5) is 13.3. The van der Waals surface area contributed by atoms with Crippen LogP contribution < -0.4 is 11.1 Å². The SMILES string of the molecule is Cc1cccc(-n2nc3nc(NCc4cccnc4)nc(-c4ccccc4F)c3c2N)c1. The van der Waals surface area contributed by atoms with Crippen molar-refractivity contribution in [1.82, 2.24) is 24.7 Å². The van der Waals surface area contributed by atoms with E-state index in [0.717, 1.165) is 16.8 Å². The van der Waals surface area contributed by atoms with Gasteiger partial charge in [0.1, 0.15) is 11.6 Å². The molecule has 0 unspecified atom stereocenters. The van der Waals surface area contributed by atoms with Gasteiger partial charge in [0, 0.05) is 24.5 Å². The fraction of sp³-hybridized carbons (Fsp3) is 0.0833. The van der Waals surface area contributed by atoms with Gasteiger partial charge in [-0.05, 0) is 48.4 Å². The largest absolute Gasteiger partial charge is 0.383 e. The summed E-state index contributed by atoms with van der Waals surface area (Å²) in [6, 6.07) is 18.1. The van der Waals surface area contributed by atoms with Crippen LogP contribution >= 0.6 is 0 Å². The first kappa shape index (κ1) is 19.6. The highest BCUT2D eigenvalue weighted by atomic mass is 19.1. The van der Waals surface area contributed by atoms with Crippen LogP contribution in [0.2, 0.25) is 0 Å². The lowest BCUT2D eigenvalue weighted by molar-refractivity contribution is 0.631. The third kappa shape index (κ3) is 3.62. The average Bonchev–Trinajstić information content (AvgIpc) is 3.15. The van der Waals surface area contributed by atoms with E-state index in [9.17, 15) is 4.39 Å². The number of nitrogen functional groups attached to an aromatic ring is 1. The number of hydrogen-bond acceptors (Lipinski definition) is 6. The maximum atomic E-state index is 14.7. The molecule has 7 nitrogen and oxygen atoms in total. The molecule has 0 bridgehead atoms. The molecule has 2 aromatic carbocycles. The second kappa shape index (κ2) is 8.07. The number of fused-ring (bicyclic) bond motifs is 1. The number of nitrogens with zero attached hydrogens (tertiary/aromatic N) is 5. The summed E-state index contributed by atoms with van der Waals surface area (Å²) >= 11 is 0. The molecule has 32 heavy (non-hydrogen) atoms. The van der Waals surface area contributed by atoms with E-state index in [1.807, 2.05) is 43.3 Å². The van der Waals surface area contributed by atoms with Gasteiger partial charge in [-0.25, -0.2) is 14.1 Å². The molecular formula is C24H20FN7. The van der Waals surface area contributed by atoms with Crippen LogP contribution in [0.3, 0.4) is 0 Å². The van der Waals surface area contributed by atoms with Gasteiger partial charge in [-0.15, -0.1) is 5.10 Å². The zero-order valence-electron chi connectivity index (χ0n) is 17.3. The van der Waals surface area contributed by atoms with Gasteiger partial charge in [0.15, 0.2) is 5.65 Å². The Balaban J connectivity index is 1.67. The number of benzene rings is 2. The molecule has 0 aliphatic carbocycles. The average molecular weight is 425 g/mol. The standard InChI is InChI=1S/C24H20FN7/c1-15-6-4-8-17(12-15)32-22(26)20-21(18-9-2-3-10-19(18)25)29-24(30-23(20)31-32)28-14-16-7-5-11-27-13-16/h2-13H,14,26H2,1H3,(H,28,30,31). The highest BCUT2D eigenvalue weighted by Gasteiger charge is 2.21. The molecule has 0 radical (unpaired) electrons. The minimum atomic E-state index is -0.395. The number of nitrogens with two attached hydrogens (primary N) is 1. The molecule has 5 rings (SSSR count). The van der Waals surface area contributed by atoms with Crippen molar-refractivity contribution in [1.29, 1.82) is 0 Å². The molecule has 0 amide bonds. The van der Waals surface area contributed by atoms with Crippen LogP contribution in [-0.4, -0.2) is 24.7 Å². The minimum absolute atomic E-state index is 0.327. The molecule has 0 saturated carbocycles. The predicted octanol–water partition coefficient (Wildman–Crippen LogP) is 4.52. The van der Waals surface area contributed by atoms with Crippen molar-refractivity contribution in [2.75, 3.05) is 11.1 Å². The van der Waals surface area contributed by atoms with E-state index in [-0.39, 0.29) is 0 Å². The lowest BCUT2D eigenvalue weighted by Crippen LogP contribution is -2.05. The van der Waals surface area contributed by atoms with E-state index in [1.54, 1.807) is 35.3 Å². The van der Waals surface area contributed by atoms with Gasteiger partial charge < -0.3 is 11.1 Å². The van der Waals surface area contributed by atoms with E-state index in [0.29, 0.717) is 40.6 Å². The maximum absolute atomic E-state index is 14.7. The summed E-state index contributed by atoms with van der Waals surface area (Å²) in [5.41, 5.74) is 10.4. The van der Waals surface area contributed by atoms with Gasteiger partial charge in [0.25, 0.3) is 0 Å². The normalized spacial score (nSPS) is 11.1. The van der Waals surface area contributed by atoms with Gasteiger partial charge in [0.2, 0.25) is 5.95 Å². The molecule has 0 fully saturated rings. The van der Waals surface area contributed by atoms with Crippen molar-refractivity contribution < 1.29 is 4.39 Å². The Labute approximate surface area is 183 Å². The number of aryl methyl sites for hydroxylation is 1. The topological polar surface area (TPSA) is 94.5 Å². The fourth-order valence-electron chi connectivity index (χ4n) is 3.58. The first-order chi connectivity index (χ1) is 15.6. The van der Waals surface area contributed by atoms with Gasteiger partial charge in [-0.2, -0.15) is 4.98 Å². The second-order valence-corrected chi connectivity index (χ2v) is 7.43. The summed E-state index contributed by atoms with van der Waals surface area (Å²) in [6.45, 7) is 2.46. The molecular weight excluding hydrogens is 405 g/mol. The summed E-state index contributed by atoms with van der Waals surface area (Å²) in [5, 5.41) is 8.31. The second-order valence-electron chi connectivity index (χ2n) is 7.43. The van der Waals surface area contributed by atoms with Gasteiger partial charge in [-0.3, -0.25) is 4.98 Å². The third-order valence-electron chi connectivity index (χ3n) is 5.12. The zero-order chi connectivity index (χ0) is 22.1. The summed E-state index contributed by atoms with van der Waals surface area (Å²) in [6.07, 6.45) is 3.47. The third-order valence-corrected chi connectivity index (χ3v) is 5.12. The summed E-state index contributed by atoms with van der Waals surface area (Å²) < 4.78 is 16.4. The first-order valence-corrected chi connectivity index (χ1v) is 10.1. The Morgan fingerprint density at radius 3 is 2.69 bits per heavy atom. The molecule has 3 heterocycles. The molecule has 158 valence electrons. The predicted molar refractivity (Wildman–Crippen MR) is 123 cm³/mol. The first-order valence-electron chi connectivity index (χ1n) is 10.1. The van der Waals surface area contributed by atoms with Crippen LogP contribution in [0, 0.1) is 12.7 Å². The van der Waals surface area contributed by atoms with Crippen molar-refractivity contribution in [3.05, 3.63) is 90.0 Å². The van der Waals surface area contributed by atoms with Gasteiger partial charge >= 0.3 is 0 Å². The smallest absolute Gasteiger partial charge is 0.225 e. The lowest BCUT2D eigenvalue weighted by atomic mass is 10.1. The van der Waals surface area contributed by atoms with Gasteiger partial charge in [0.05, 0.1) is 16.8 Å². The Bertz CT molecular complexity index is 1410.